The van der Waals surface area contributed by atoms with Crippen molar-refractivity contribution in [3.05, 3.63) is 182 Å². The van der Waals surface area contributed by atoms with Crippen molar-refractivity contribution in [1.29, 1.82) is 0 Å². The first-order valence-corrected chi connectivity index (χ1v) is 18.3. The summed E-state index contributed by atoms with van der Waals surface area (Å²) in [4.78, 5) is 0. The van der Waals surface area contributed by atoms with Crippen molar-refractivity contribution in [1.82, 2.24) is 9.13 Å². The number of hydrogen-bond acceptors (Lipinski definition) is 1. The van der Waals surface area contributed by atoms with Crippen LogP contribution in [0, 0.1) is 0 Å². The molecule has 0 atom stereocenters. The smallest absolute Gasteiger partial charge is 0.0719 e. The maximum Gasteiger partial charge on any atom is 0.0719 e. The number of thiophene rings is 1. The van der Waals surface area contributed by atoms with Crippen molar-refractivity contribution in [2.24, 2.45) is 0 Å². The molecule has 3 aromatic heterocycles. The summed E-state index contributed by atoms with van der Waals surface area (Å²) in [6.07, 6.45) is 0. The molecule has 0 fully saturated rings. The highest BCUT2D eigenvalue weighted by Crippen LogP contribution is 2.47. The fourth-order valence-electron chi connectivity index (χ4n) is 8.23. The minimum Gasteiger partial charge on any atom is -0.309 e. The van der Waals surface area contributed by atoms with Gasteiger partial charge in [-0.05, 0) is 64.7 Å². The zero-order chi connectivity index (χ0) is 33.5. The molecule has 0 saturated heterocycles. The van der Waals surface area contributed by atoms with Gasteiger partial charge in [-0.2, -0.15) is 0 Å². The van der Waals surface area contributed by atoms with Crippen molar-refractivity contribution in [3.8, 4) is 33.6 Å². The van der Waals surface area contributed by atoms with Gasteiger partial charge in [0.1, 0.15) is 0 Å². The Hall–Kier alpha value is -6.42. The van der Waals surface area contributed by atoms with Gasteiger partial charge in [0.05, 0.1) is 26.8 Å². The first-order chi connectivity index (χ1) is 25.3. The van der Waals surface area contributed by atoms with Crippen LogP contribution in [0.1, 0.15) is 0 Å². The molecular formula is C48H30N2S. The van der Waals surface area contributed by atoms with Crippen LogP contribution < -0.4 is 0 Å². The van der Waals surface area contributed by atoms with Crippen molar-refractivity contribution in [3.63, 3.8) is 0 Å². The van der Waals surface area contributed by atoms with Crippen LogP contribution in [0.4, 0.5) is 0 Å². The first-order valence-electron chi connectivity index (χ1n) is 17.4. The molecule has 3 heteroatoms. The summed E-state index contributed by atoms with van der Waals surface area (Å²) in [5.41, 5.74) is 12.2. The monoisotopic (exact) mass is 666 g/mol. The van der Waals surface area contributed by atoms with Gasteiger partial charge in [0.2, 0.25) is 0 Å². The lowest BCUT2D eigenvalue weighted by atomic mass is 10.1. The highest BCUT2D eigenvalue weighted by molar-refractivity contribution is 7.27. The van der Waals surface area contributed by atoms with Crippen molar-refractivity contribution in [2.45, 2.75) is 0 Å². The highest BCUT2D eigenvalue weighted by atomic mass is 32.1. The molecule has 0 N–H and O–H groups in total. The van der Waals surface area contributed by atoms with Gasteiger partial charge in [-0.1, -0.05) is 140 Å². The Bertz CT molecular complexity index is 3110. The molecule has 0 radical (unpaired) electrons. The van der Waals surface area contributed by atoms with Crippen molar-refractivity contribution < 1.29 is 0 Å². The molecule has 0 spiro atoms. The minimum absolute atomic E-state index is 1.17. The third-order valence-corrected chi connectivity index (χ3v) is 11.8. The van der Waals surface area contributed by atoms with E-state index in [1.165, 1.54) is 97.4 Å². The van der Waals surface area contributed by atoms with Gasteiger partial charge in [-0.15, -0.1) is 11.3 Å². The SMILES string of the molecule is c1ccc(-c2ccc(-n3c4ccccc4c4ccc5c6ccc7c(c8ccccc8n7-c7cccc(-c8ccccc8)c7)c6sc5c43)cc2)cc1. The lowest BCUT2D eigenvalue weighted by molar-refractivity contribution is 1.18. The molecule has 0 amide bonds. The molecule has 0 aliphatic heterocycles. The second-order valence-electron chi connectivity index (χ2n) is 13.3. The van der Waals surface area contributed by atoms with Gasteiger partial charge in [0.25, 0.3) is 0 Å². The molecular weight excluding hydrogens is 637 g/mol. The van der Waals surface area contributed by atoms with E-state index in [2.05, 4.69) is 191 Å². The van der Waals surface area contributed by atoms with E-state index in [-0.39, 0.29) is 0 Å². The Kier molecular flexibility index (Phi) is 6.16. The molecule has 0 saturated carbocycles. The standard InChI is InChI=1S/C48H30N2S/c1-3-12-31(13-4-1)33-22-24-35(25-23-33)50-42-20-9-7-18-37(42)38-26-27-40-39-28-29-44-45(47(39)51-48(40)46(38)50)41-19-8-10-21-43(41)49(44)36-17-11-16-34(30-36)32-14-5-2-6-15-32/h1-30H. The Balaban J connectivity index is 1.19. The number of hydrogen-bond donors (Lipinski definition) is 0. The summed E-state index contributed by atoms with van der Waals surface area (Å²) >= 11 is 1.93. The van der Waals surface area contributed by atoms with E-state index < -0.39 is 0 Å². The molecule has 51 heavy (non-hydrogen) atoms. The molecule has 0 bridgehead atoms. The quantitative estimate of drug-likeness (QED) is 0.177. The normalized spacial score (nSPS) is 11.9. The zero-order valence-corrected chi connectivity index (χ0v) is 28.4. The molecule has 11 rings (SSSR count). The molecule has 11 aromatic rings. The van der Waals surface area contributed by atoms with Crippen LogP contribution in [0.25, 0.3) is 97.4 Å². The van der Waals surface area contributed by atoms with Crippen LogP contribution in [-0.4, -0.2) is 9.13 Å². The topological polar surface area (TPSA) is 9.86 Å². The van der Waals surface area contributed by atoms with E-state index in [1.54, 1.807) is 0 Å². The number of benzene rings is 8. The van der Waals surface area contributed by atoms with E-state index in [0.29, 0.717) is 0 Å². The lowest BCUT2D eigenvalue weighted by Crippen LogP contribution is -1.94. The molecule has 3 heterocycles. The van der Waals surface area contributed by atoms with Crippen LogP contribution >= 0.6 is 11.3 Å². The largest absolute Gasteiger partial charge is 0.309 e. The van der Waals surface area contributed by atoms with Gasteiger partial charge >= 0.3 is 0 Å². The maximum atomic E-state index is 2.48. The van der Waals surface area contributed by atoms with E-state index in [9.17, 15) is 0 Å². The minimum atomic E-state index is 1.17. The third kappa shape index (κ3) is 4.22. The van der Waals surface area contributed by atoms with E-state index in [1.807, 2.05) is 11.3 Å². The molecule has 8 aromatic carbocycles. The summed E-state index contributed by atoms with van der Waals surface area (Å²) in [7, 11) is 0. The fourth-order valence-corrected chi connectivity index (χ4v) is 9.62. The molecule has 238 valence electrons. The van der Waals surface area contributed by atoms with Gasteiger partial charge in [0.15, 0.2) is 0 Å². The molecule has 0 aliphatic carbocycles. The Labute approximate surface area is 298 Å². The van der Waals surface area contributed by atoms with Gasteiger partial charge in [-0.25, -0.2) is 0 Å². The number of para-hydroxylation sites is 2. The van der Waals surface area contributed by atoms with Crippen LogP contribution in [0.5, 0.6) is 0 Å². The second kappa shape index (κ2) is 11.0. The molecule has 2 nitrogen and oxygen atoms in total. The fraction of sp³-hybridized carbons (Fsp3) is 0. The van der Waals surface area contributed by atoms with Gasteiger partial charge in [0, 0.05) is 48.4 Å². The number of fused-ring (bicyclic) bond motifs is 11. The Morgan fingerprint density at radius 2 is 0.882 bits per heavy atom. The predicted molar refractivity (Wildman–Crippen MR) is 219 cm³/mol. The summed E-state index contributed by atoms with van der Waals surface area (Å²) < 4.78 is 7.58. The van der Waals surface area contributed by atoms with Crippen molar-refractivity contribution in [2.75, 3.05) is 0 Å². The summed E-state index contributed by atoms with van der Waals surface area (Å²) in [5, 5.41) is 7.77. The third-order valence-electron chi connectivity index (χ3n) is 10.5. The van der Waals surface area contributed by atoms with E-state index >= 15 is 0 Å². The average Bonchev–Trinajstić information content (AvgIpc) is 3.86. The number of nitrogens with zero attached hydrogens (tertiary/aromatic N) is 2. The number of aromatic nitrogens is 2. The van der Waals surface area contributed by atoms with Crippen molar-refractivity contribution >= 4 is 75.1 Å². The predicted octanol–water partition coefficient (Wildman–Crippen LogP) is 13.6. The summed E-state index contributed by atoms with van der Waals surface area (Å²) in [6, 6.07) is 66.4. The number of rotatable bonds is 4. The molecule has 0 unspecified atom stereocenters. The average molecular weight is 667 g/mol. The van der Waals surface area contributed by atoms with Crippen LogP contribution in [-0.2, 0) is 0 Å². The summed E-state index contributed by atoms with van der Waals surface area (Å²) in [6.45, 7) is 0. The lowest BCUT2D eigenvalue weighted by Gasteiger charge is -2.10. The van der Waals surface area contributed by atoms with Crippen LogP contribution in [0.2, 0.25) is 0 Å². The van der Waals surface area contributed by atoms with Gasteiger partial charge in [-0.3, -0.25) is 0 Å². The zero-order valence-electron chi connectivity index (χ0n) is 27.6. The molecule has 0 aliphatic rings. The van der Waals surface area contributed by atoms with E-state index in [4.69, 9.17) is 0 Å². The van der Waals surface area contributed by atoms with Crippen LogP contribution in [0.3, 0.4) is 0 Å². The first kappa shape index (κ1) is 28.4. The van der Waals surface area contributed by atoms with Gasteiger partial charge < -0.3 is 9.13 Å². The maximum absolute atomic E-state index is 2.48. The Morgan fingerprint density at radius 3 is 1.65 bits per heavy atom. The second-order valence-corrected chi connectivity index (χ2v) is 14.3. The highest BCUT2D eigenvalue weighted by Gasteiger charge is 2.21. The van der Waals surface area contributed by atoms with E-state index in [0.717, 1.165) is 0 Å². The Morgan fingerprint density at radius 1 is 0.314 bits per heavy atom. The summed E-state index contributed by atoms with van der Waals surface area (Å²) in [5.74, 6) is 0. The van der Waals surface area contributed by atoms with Crippen LogP contribution in [0.15, 0.2) is 182 Å².